The molecule has 4 aromatic rings. The molecule has 8 rings (SSSR count). The summed E-state index contributed by atoms with van der Waals surface area (Å²) < 4.78 is 103. The molecule has 4 aliphatic rings. The van der Waals surface area contributed by atoms with E-state index in [0.29, 0.717) is 33.9 Å². The van der Waals surface area contributed by atoms with Gasteiger partial charge in [-0.2, -0.15) is 0 Å². The van der Waals surface area contributed by atoms with E-state index in [0.717, 1.165) is 11.1 Å². The SMILES string of the molecule is [2H]c1c([2H])c(C(C)(C)C)c([2H])c([2H])c1N(C1=CC=C2C=CC3=C(N(c4ccc(F)cc4)c4c([2H])c([2H])c(C(C)(C)C)c([2H])c4[2H])C=CC4C=CC1C2C34)c1ccc(F)cc1. The second-order valence-corrected chi connectivity index (χ2v) is 15.9. The largest absolute Gasteiger partial charge is 0.314 e. The lowest BCUT2D eigenvalue weighted by Gasteiger charge is -2.49. The maximum Gasteiger partial charge on any atom is 0.123 e. The fraction of sp³-hybridized carbons (Fsp3) is 0.250. The highest BCUT2D eigenvalue weighted by molar-refractivity contribution is 5.74. The van der Waals surface area contributed by atoms with E-state index in [2.05, 4.69) is 18.2 Å². The molecule has 4 atom stereocenters. The Labute approximate surface area is 318 Å². The molecule has 4 unspecified atom stereocenters. The van der Waals surface area contributed by atoms with Crippen LogP contribution in [-0.2, 0) is 10.8 Å². The number of hydrogen-bond donors (Lipinski definition) is 0. The smallest absolute Gasteiger partial charge is 0.123 e. The molecule has 2 nitrogen and oxygen atoms in total. The molecule has 0 saturated heterocycles. The summed E-state index contributed by atoms with van der Waals surface area (Å²) in [5.41, 5.74) is 3.45. The first-order valence-electron chi connectivity index (χ1n) is 21.8. The van der Waals surface area contributed by atoms with Crippen LogP contribution in [0, 0.1) is 35.3 Å². The summed E-state index contributed by atoms with van der Waals surface area (Å²) >= 11 is 0. The van der Waals surface area contributed by atoms with Crippen LogP contribution in [0.3, 0.4) is 0 Å². The lowest BCUT2D eigenvalue weighted by atomic mass is 9.58. The predicted octanol–water partition coefficient (Wildman–Crippen LogP) is 12.8. The molecular weight excluding hydrogens is 643 g/mol. The number of anilines is 4. The quantitative estimate of drug-likeness (QED) is 0.185. The monoisotopic (exact) mass is 696 g/mol. The van der Waals surface area contributed by atoms with Crippen molar-refractivity contribution in [1.29, 1.82) is 0 Å². The number of halogens is 2. The fourth-order valence-electron chi connectivity index (χ4n) is 7.64. The van der Waals surface area contributed by atoms with E-state index in [4.69, 9.17) is 5.48 Å². The van der Waals surface area contributed by atoms with Crippen molar-refractivity contribution < 1.29 is 19.7 Å². The molecule has 0 N–H and O–H groups in total. The van der Waals surface area contributed by atoms with Gasteiger partial charge in [0.1, 0.15) is 11.6 Å². The third-order valence-corrected chi connectivity index (χ3v) is 10.3. The Bertz CT molecular complexity index is 2590. The van der Waals surface area contributed by atoms with Crippen LogP contribution in [0.15, 0.2) is 168 Å². The Balaban J connectivity index is 1.33. The van der Waals surface area contributed by atoms with Gasteiger partial charge in [0.15, 0.2) is 0 Å². The third-order valence-electron chi connectivity index (χ3n) is 10.3. The molecule has 262 valence electrons. The molecule has 0 radical (unpaired) electrons. The number of nitrogens with zero attached hydrogens (tertiary/aromatic N) is 2. The Morgan fingerprint density at radius 3 is 1.60 bits per heavy atom. The van der Waals surface area contributed by atoms with E-state index >= 15 is 0 Å². The molecule has 0 heterocycles. The first kappa shape index (κ1) is 25.7. The first-order chi connectivity index (χ1) is 28.2. The average molecular weight is 697 g/mol. The molecule has 4 aromatic carbocycles. The normalized spacial score (nSPS) is 23.9. The zero-order chi connectivity index (χ0) is 43.3. The highest BCUT2D eigenvalue weighted by Crippen LogP contribution is 2.55. The van der Waals surface area contributed by atoms with Gasteiger partial charge in [-0.25, -0.2) is 8.78 Å². The first-order valence-corrected chi connectivity index (χ1v) is 17.8. The molecule has 0 amide bonds. The standard InChI is InChI=1S/C48H46F2N2/c1-47(2,3)33-11-19-37(20-12-33)51(39-23-15-35(49)16-24-39)43-29-9-31-8-28-42-44(30-10-32-7-27-41(43)45(31)46(32)42)52(40-25-17-36(50)18-26-40)38-21-13-34(14-22-38)48(4,5)6/h7-31,42,45-46H,1-6H3/i11D,12D,13D,14D,19D,20D,21D,22D. The zero-order valence-electron chi connectivity index (χ0n) is 38.2. The van der Waals surface area contributed by atoms with E-state index in [1.54, 1.807) is 34.1 Å². The Kier molecular flexibility index (Phi) is 6.31. The summed E-state index contributed by atoms with van der Waals surface area (Å²) in [6.07, 6.45) is 16.2. The second kappa shape index (κ2) is 12.8. The van der Waals surface area contributed by atoms with Crippen LogP contribution in [0.25, 0.3) is 0 Å². The molecule has 4 aliphatic carbocycles. The lowest BCUT2D eigenvalue weighted by Crippen LogP contribution is -2.41. The third kappa shape index (κ3) is 6.08. The van der Waals surface area contributed by atoms with E-state index in [1.165, 1.54) is 24.3 Å². The van der Waals surface area contributed by atoms with Crippen LogP contribution in [-0.4, -0.2) is 0 Å². The van der Waals surface area contributed by atoms with Crippen LogP contribution in [0.2, 0.25) is 0 Å². The highest BCUT2D eigenvalue weighted by atomic mass is 19.1. The Hall–Kier alpha value is -5.22. The van der Waals surface area contributed by atoms with Crippen molar-refractivity contribution in [2.24, 2.45) is 23.7 Å². The average Bonchev–Trinajstić information content (AvgIpc) is 3.19. The maximum absolute atomic E-state index is 14.5. The van der Waals surface area contributed by atoms with E-state index in [1.807, 2.05) is 71.9 Å². The maximum atomic E-state index is 14.5. The summed E-state index contributed by atoms with van der Waals surface area (Å²) in [5, 5.41) is 0. The molecule has 0 bridgehead atoms. The number of rotatable bonds is 6. The van der Waals surface area contributed by atoms with Crippen molar-refractivity contribution in [2.45, 2.75) is 52.4 Å². The van der Waals surface area contributed by atoms with Gasteiger partial charge in [-0.05, 0) is 118 Å². The summed E-state index contributed by atoms with van der Waals surface area (Å²) in [7, 11) is 0. The predicted molar refractivity (Wildman–Crippen MR) is 212 cm³/mol. The summed E-state index contributed by atoms with van der Waals surface area (Å²) in [5.74, 6) is -1.81. The van der Waals surface area contributed by atoms with Gasteiger partial charge >= 0.3 is 0 Å². The number of hydrogen-bond acceptors (Lipinski definition) is 2. The van der Waals surface area contributed by atoms with Gasteiger partial charge in [0.25, 0.3) is 0 Å². The van der Waals surface area contributed by atoms with Crippen LogP contribution < -0.4 is 9.80 Å². The number of benzene rings is 4. The number of allylic oxidation sites excluding steroid dienone is 10. The zero-order valence-corrected chi connectivity index (χ0v) is 30.2. The minimum absolute atomic E-state index is 0.0432. The van der Waals surface area contributed by atoms with E-state index < -0.39 is 22.5 Å². The molecule has 4 heteroatoms. The molecule has 52 heavy (non-hydrogen) atoms. The van der Waals surface area contributed by atoms with Gasteiger partial charge in [0.05, 0.1) is 11.0 Å². The van der Waals surface area contributed by atoms with Crippen molar-refractivity contribution >= 4 is 22.7 Å². The minimum atomic E-state index is -0.675. The van der Waals surface area contributed by atoms with Crippen LogP contribution in [0.1, 0.15) is 63.6 Å². The molecule has 0 aliphatic heterocycles. The molecule has 0 aromatic heterocycles. The van der Waals surface area contributed by atoms with Crippen molar-refractivity contribution in [3.05, 3.63) is 191 Å². The minimum Gasteiger partial charge on any atom is -0.314 e. The summed E-state index contributed by atoms with van der Waals surface area (Å²) in [6.45, 7) is 11.1. The fourth-order valence-corrected chi connectivity index (χ4v) is 7.64. The topological polar surface area (TPSA) is 6.48 Å². The van der Waals surface area contributed by atoms with Gasteiger partial charge in [-0.3, -0.25) is 0 Å². The second-order valence-electron chi connectivity index (χ2n) is 15.9. The van der Waals surface area contributed by atoms with Crippen molar-refractivity contribution in [3.63, 3.8) is 0 Å². The highest BCUT2D eigenvalue weighted by Gasteiger charge is 2.46. The van der Waals surface area contributed by atoms with Crippen LogP contribution >= 0.6 is 0 Å². The van der Waals surface area contributed by atoms with Crippen LogP contribution in [0.4, 0.5) is 31.5 Å². The van der Waals surface area contributed by atoms with E-state index in [9.17, 15) is 14.3 Å². The van der Waals surface area contributed by atoms with Crippen molar-refractivity contribution in [2.75, 3.05) is 9.80 Å². The molecule has 0 fully saturated rings. The Morgan fingerprint density at radius 1 is 0.538 bits per heavy atom. The van der Waals surface area contributed by atoms with Gasteiger partial charge < -0.3 is 9.80 Å². The Morgan fingerprint density at radius 2 is 1.06 bits per heavy atom. The molecule has 0 saturated carbocycles. The van der Waals surface area contributed by atoms with Gasteiger partial charge in [-0.1, -0.05) is 102 Å². The van der Waals surface area contributed by atoms with Gasteiger partial charge in [-0.15, -0.1) is 0 Å². The van der Waals surface area contributed by atoms with Crippen molar-refractivity contribution in [1.82, 2.24) is 0 Å². The van der Waals surface area contributed by atoms with Crippen LogP contribution in [0.5, 0.6) is 0 Å². The summed E-state index contributed by atoms with van der Waals surface area (Å²) in [4.78, 5) is 3.43. The van der Waals surface area contributed by atoms with E-state index in [-0.39, 0.29) is 83.4 Å². The van der Waals surface area contributed by atoms with Gasteiger partial charge in [0, 0.05) is 57.8 Å². The van der Waals surface area contributed by atoms with Crippen molar-refractivity contribution in [3.8, 4) is 0 Å². The summed E-state index contributed by atoms with van der Waals surface area (Å²) in [6, 6.07) is 10.1. The van der Waals surface area contributed by atoms with Gasteiger partial charge in [0.2, 0.25) is 0 Å². The molecule has 0 spiro atoms. The molecular formula is C48H46F2N2. The lowest BCUT2D eigenvalue weighted by molar-refractivity contribution is 0.306.